The van der Waals surface area contributed by atoms with Gasteiger partial charge in [-0.25, -0.2) is 24.4 Å². The molecule has 83 heavy (non-hydrogen) atoms. The average Bonchev–Trinajstić information content (AvgIpc) is 4.05. The van der Waals surface area contributed by atoms with Crippen LogP contribution in [0.4, 0.5) is 5.13 Å². The highest BCUT2D eigenvalue weighted by molar-refractivity contribution is 7.22. The van der Waals surface area contributed by atoms with E-state index in [1.165, 1.54) is 11.3 Å². The lowest BCUT2D eigenvalue weighted by Crippen LogP contribution is -2.30. The van der Waals surface area contributed by atoms with Gasteiger partial charge in [-0.2, -0.15) is 5.10 Å². The monoisotopic (exact) mass is 1160 g/mol. The summed E-state index contributed by atoms with van der Waals surface area (Å²) in [6.07, 6.45) is 19.2. The predicted molar refractivity (Wildman–Crippen MR) is 322 cm³/mol. The van der Waals surface area contributed by atoms with E-state index in [-0.39, 0.29) is 29.3 Å². The van der Waals surface area contributed by atoms with Crippen LogP contribution in [0.5, 0.6) is 23.0 Å². The molecule has 0 saturated heterocycles. The number of para-hydroxylation sites is 1. The first-order valence-corrected chi connectivity index (χ1v) is 30.5. The fraction of sp³-hybridized carbons (Fsp3) is 0.470. The molecule has 2 aliphatic carbocycles. The van der Waals surface area contributed by atoms with Crippen molar-refractivity contribution in [1.82, 2.24) is 4.98 Å². The number of hydrazone groups is 1. The minimum absolute atomic E-state index is 0.251. The Balaban J connectivity index is 0.914. The highest BCUT2D eigenvalue weighted by Gasteiger charge is 2.32. The third-order valence-corrected chi connectivity index (χ3v) is 15.7. The van der Waals surface area contributed by atoms with Gasteiger partial charge in [-0.1, -0.05) is 68.7 Å². The molecule has 5 aromatic rings. The van der Waals surface area contributed by atoms with E-state index in [0.29, 0.717) is 113 Å². The lowest BCUT2D eigenvalue weighted by molar-refractivity contribution is -0.141. The number of esters is 5. The van der Waals surface area contributed by atoms with Crippen LogP contribution in [0.2, 0.25) is 0 Å². The van der Waals surface area contributed by atoms with Gasteiger partial charge < -0.3 is 37.9 Å². The summed E-state index contributed by atoms with van der Waals surface area (Å²) in [6, 6.07) is 26.7. The number of benzene rings is 4. The van der Waals surface area contributed by atoms with E-state index in [4.69, 9.17) is 48.0 Å². The van der Waals surface area contributed by atoms with Gasteiger partial charge >= 0.3 is 29.8 Å². The highest BCUT2D eigenvalue weighted by Crippen LogP contribution is 2.33. The molecule has 0 unspecified atom stereocenters. The van der Waals surface area contributed by atoms with Crippen molar-refractivity contribution in [2.24, 2.45) is 16.9 Å². The molecule has 0 aliphatic heterocycles. The van der Waals surface area contributed by atoms with Crippen LogP contribution in [-0.2, 0) is 33.3 Å². The number of anilines is 1. The zero-order valence-corrected chi connectivity index (χ0v) is 48.9. The number of aromatic nitrogens is 1. The molecule has 0 radical (unpaired) electrons. The average molecular weight is 1160 g/mol. The fourth-order valence-corrected chi connectivity index (χ4v) is 10.8. The zero-order chi connectivity index (χ0) is 58.4. The van der Waals surface area contributed by atoms with Gasteiger partial charge in [-0.15, -0.1) is 6.58 Å². The summed E-state index contributed by atoms with van der Waals surface area (Å²) < 4.78 is 47.0. The van der Waals surface area contributed by atoms with Gasteiger partial charge in [0.05, 0.1) is 65.8 Å². The number of carbonyl (C=O) groups excluding carboxylic acids is 5. The Labute approximate surface area is 492 Å². The normalized spacial score (nSPS) is 16.8. The van der Waals surface area contributed by atoms with Crippen LogP contribution in [0.25, 0.3) is 10.2 Å². The number of nitrogens with zero attached hydrogens (tertiary/aromatic N) is 3. The smallest absolute Gasteiger partial charge is 0.339 e. The van der Waals surface area contributed by atoms with Crippen molar-refractivity contribution >= 4 is 62.7 Å². The van der Waals surface area contributed by atoms with Gasteiger partial charge in [0.1, 0.15) is 35.2 Å². The lowest BCUT2D eigenvalue weighted by atomic mass is 9.87. The van der Waals surface area contributed by atoms with Crippen LogP contribution in [0.1, 0.15) is 162 Å². The number of carbonyl (C=O) groups is 5. The molecule has 0 N–H and O–H groups in total. The minimum atomic E-state index is -0.552. The molecule has 16 nitrogen and oxygen atoms in total. The van der Waals surface area contributed by atoms with E-state index in [9.17, 15) is 24.0 Å². The Kier molecular flexibility index (Phi) is 26.6. The van der Waals surface area contributed by atoms with E-state index in [1.54, 1.807) is 79.0 Å². The van der Waals surface area contributed by atoms with Crippen molar-refractivity contribution in [2.45, 2.75) is 148 Å². The predicted octanol–water partition coefficient (Wildman–Crippen LogP) is 14.2. The molecule has 2 fully saturated rings. The van der Waals surface area contributed by atoms with Crippen molar-refractivity contribution in [3.63, 3.8) is 0 Å². The van der Waals surface area contributed by atoms with Gasteiger partial charge in [0.25, 0.3) is 0 Å². The quantitative estimate of drug-likeness (QED) is 0.00544. The van der Waals surface area contributed by atoms with Crippen molar-refractivity contribution in [3.8, 4) is 23.0 Å². The molecule has 4 aromatic carbocycles. The number of hydrogen-bond donors (Lipinski definition) is 0. The highest BCUT2D eigenvalue weighted by atomic mass is 32.1. The first-order valence-electron chi connectivity index (χ1n) is 29.7. The summed E-state index contributed by atoms with van der Waals surface area (Å²) in [7, 11) is 0. The third kappa shape index (κ3) is 21.4. The molecule has 444 valence electrons. The summed E-state index contributed by atoms with van der Waals surface area (Å²) in [4.78, 5) is 70.4. The van der Waals surface area contributed by atoms with Gasteiger partial charge in [-0.3, -0.25) is 9.59 Å². The van der Waals surface area contributed by atoms with E-state index < -0.39 is 35.9 Å². The largest absolute Gasteiger partial charge is 0.494 e. The van der Waals surface area contributed by atoms with E-state index >= 15 is 0 Å². The Morgan fingerprint density at radius 2 is 1.17 bits per heavy atom. The lowest BCUT2D eigenvalue weighted by Gasteiger charge is -2.27. The van der Waals surface area contributed by atoms with Gasteiger partial charge in [0.15, 0.2) is 0 Å². The SMILES string of the molecule is C=CCOCCCCCCOc1ccc(OC(=O)C2CCC(OC(=O)c3ccc(OC(=O)C4CCC(OC(=O)c5ccc(OCCCCCCOC(=O)C=C)cc5)CC4)cc3/C=N/N(CCCCCC)c3nc4ccccc4s3)CC2)cc1. The second kappa shape index (κ2) is 34.9. The maximum absolute atomic E-state index is 14.2. The molecule has 7 rings (SSSR count). The van der Waals surface area contributed by atoms with Gasteiger partial charge in [-0.05, 0) is 182 Å². The molecule has 0 atom stereocenters. The summed E-state index contributed by atoms with van der Waals surface area (Å²) >= 11 is 1.54. The summed E-state index contributed by atoms with van der Waals surface area (Å²) in [5, 5.41) is 7.51. The first kappa shape index (κ1) is 63.2. The van der Waals surface area contributed by atoms with Crippen molar-refractivity contribution in [2.75, 3.05) is 44.6 Å². The molecule has 1 aromatic heterocycles. The van der Waals surface area contributed by atoms with Crippen LogP contribution < -0.4 is 24.0 Å². The third-order valence-electron chi connectivity index (χ3n) is 14.6. The Hall–Kier alpha value is -7.37. The Morgan fingerprint density at radius 1 is 0.614 bits per heavy atom. The molecule has 0 amide bonds. The maximum atomic E-state index is 14.2. The van der Waals surface area contributed by atoms with Crippen molar-refractivity contribution in [3.05, 3.63) is 133 Å². The molecule has 0 spiro atoms. The number of hydrogen-bond acceptors (Lipinski definition) is 17. The molecule has 2 saturated carbocycles. The van der Waals surface area contributed by atoms with Crippen molar-refractivity contribution < 1.29 is 61.9 Å². The number of fused-ring (bicyclic) bond motifs is 1. The van der Waals surface area contributed by atoms with Crippen LogP contribution in [0.3, 0.4) is 0 Å². The van der Waals surface area contributed by atoms with Gasteiger partial charge in [0, 0.05) is 24.8 Å². The zero-order valence-electron chi connectivity index (χ0n) is 48.1. The molecular formula is C66H81N3O13S. The Bertz CT molecular complexity index is 2840. The fourth-order valence-electron chi connectivity index (χ4n) is 9.84. The number of unbranched alkanes of at least 4 members (excludes halogenated alkanes) is 9. The van der Waals surface area contributed by atoms with E-state index in [1.807, 2.05) is 29.3 Å². The molecule has 1 heterocycles. The molecular weight excluding hydrogens is 1070 g/mol. The summed E-state index contributed by atoms with van der Waals surface area (Å²) in [5.41, 5.74) is 1.94. The standard InChI is InChI=1S/C66H81N3O13S/c1-4-7-8-15-40-69(66-68-59-20-13-14-21-60(59)83-66)67-47-51-46-57(82-64(73)50-24-30-54(31-25-50)79-62(71)48-22-28-52(29-23-48)76-43-18-11-12-19-45-78-61(70)6-3)38-39-58(51)65(74)81-55-32-26-49(27-33-55)63(72)80-56-36-34-53(35-37-56)77-44-17-10-9-16-42-75-41-5-2/h5-6,13-14,20-23,28-29,34-39,46-47,49-50,54-55H,2-4,7-12,15-19,24-27,30-33,40-45H2,1H3/b67-47+. The minimum Gasteiger partial charge on any atom is -0.494 e. The van der Waals surface area contributed by atoms with E-state index in [2.05, 4.69) is 20.1 Å². The van der Waals surface area contributed by atoms with Crippen LogP contribution >= 0.6 is 11.3 Å². The topological polar surface area (TPSA) is 188 Å². The first-order chi connectivity index (χ1) is 40.6. The van der Waals surface area contributed by atoms with E-state index in [0.717, 1.165) is 105 Å². The second-order valence-corrected chi connectivity index (χ2v) is 22.0. The molecule has 17 heteroatoms. The number of ether oxygens (including phenoxy) is 8. The number of thiazole rings is 1. The van der Waals surface area contributed by atoms with Crippen LogP contribution in [-0.4, -0.2) is 92.8 Å². The molecule has 0 bridgehead atoms. The van der Waals surface area contributed by atoms with Crippen molar-refractivity contribution in [1.29, 1.82) is 0 Å². The summed E-state index contributed by atoms with van der Waals surface area (Å²) in [5.74, 6) is -0.838. The Morgan fingerprint density at radius 3 is 1.78 bits per heavy atom. The second-order valence-electron chi connectivity index (χ2n) is 21.0. The molecule has 2 aliphatic rings. The summed E-state index contributed by atoms with van der Waals surface area (Å²) in [6.45, 7) is 12.6. The van der Waals surface area contributed by atoms with Gasteiger partial charge in [0.2, 0.25) is 5.13 Å². The van der Waals surface area contributed by atoms with Crippen LogP contribution in [0.15, 0.2) is 121 Å². The number of rotatable bonds is 35. The van der Waals surface area contributed by atoms with Crippen LogP contribution in [0, 0.1) is 11.8 Å². The maximum Gasteiger partial charge on any atom is 0.339 e.